The molecule has 0 atom stereocenters. The first-order valence-electron chi connectivity index (χ1n) is 10.1. The van der Waals surface area contributed by atoms with Crippen LogP contribution in [0, 0.1) is 6.92 Å². The Bertz CT molecular complexity index is 1180. The molecule has 2 heterocycles. The Kier molecular flexibility index (Phi) is 6.18. The highest BCUT2D eigenvalue weighted by Crippen LogP contribution is 2.32. The van der Waals surface area contributed by atoms with Crippen LogP contribution in [-0.2, 0) is 18.4 Å². The first kappa shape index (κ1) is 20.9. The third-order valence-electron chi connectivity index (χ3n) is 4.82. The van der Waals surface area contributed by atoms with Crippen LogP contribution in [-0.4, -0.2) is 36.2 Å². The summed E-state index contributed by atoms with van der Waals surface area (Å²) in [7, 11) is 1.90. The van der Waals surface area contributed by atoms with Crippen LogP contribution in [0.4, 0.5) is 5.69 Å². The molecule has 0 saturated heterocycles. The number of hydrogen-bond donors (Lipinski definition) is 1. The minimum atomic E-state index is -0.0786. The van der Waals surface area contributed by atoms with Crippen molar-refractivity contribution in [3.05, 3.63) is 66.4 Å². The van der Waals surface area contributed by atoms with Gasteiger partial charge in [-0.05, 0) is 26.0 Å². The molecule has 31 heavy (non-hydrogen) atoms. The summed E-state index contributed by atoms with van der Waals surface area (Å²) in [6.07, 6.45) is 1.96. The fraction of sp³-hybridized carbons (Fsp3) is 0.217. The van der Waals surface area contributed by atoms with Gasteiger partial charge in [-0.2, -0.15) is 5.10 Å². The number of nitrogens with zero attached hydrogens (tertiary/aromatic N) is 5. The molecule has 4 aromatic rings. The molecule has 0 saturated carbocycles. The van der Waals surface area contributed by atoms with Gasteiger partial charge < -0.3 is 9.88 Å². The molecule has 0 radical (unpaired) electrons. The van der Waals surface area contributed by atoms with E-state index < -0.39 is 0 Å². The lowest BCUT2D eigenvalue weighted by atomic mass is 10.1. The summed E-state index contributed by atoms with van der Waals surface area (Å²) in [5.74, 6) is 0.924. The van der Waals surface area contributed by atoms with E-state index in [1.54, 1.807) is 4.68 Å². The average molecular weight is 433 g/mol. The van der Waals surface area contributed by atoms with Gasteiger partial charge in [0.15, 0.2) is 11.0 Å². The molecule has 158 valence electrons. The SMILES string of the molecule is CCn1c(SCC(=O)Nc2ccccc2)nnc1-c1cn(C)nc1-c1ccc(C)cc1. The van der Waals surface area contributed by atoms with Crippen molar-refractivity contribution in [2.75, 3.05) is 11.1 Å². The number of amides is 1. The van der Waals surface area contributed by atoms with Gasteiger partial charge >= 0.3 is 0 Å². The van der Waals surface area contributed by atoms with Crippen LogP contribution < -0.4 is 5.32 Å². The second-order valence-corrected chi connectivity index (χ2v) is 8.13. The third kappa shape index (κ3) is 4.69. The van der Waals surface area contributed by atoms with Gasteiger partial charge in [0, 0.05) is 31.0 Å². The Labute approximate surface area is 185 Å². The predicted octanol–water partition coefficient (Wildman–Crippen LogP) is 4.40. The number of para-hydroxylation sites is 1. The highest BCUT2D eigenvalue weighted by atomic mass is 32.2. The lowest BCUT2D eigenvalue weighted by Gasteiger charge is -2.08. The monoisotopic (exact) mass is 432 g/mol. The third-order valence-corrected chi connectivity index (χ3v) is 5.78. The number of aryl methyl sites for hydroxylation is 2. The minimum Gasteiger partial charge on any atom is -0.325 e. The quantitative estimate of drug-likeness (QED) is 0.438. The van der Waals surface area contributed by atoms with Crippen molar-refractivity contribution in [2.45, 2.75) is 25.5 Å². The highest BCUT2D eigenvalue weighted by Gasteiger charge is 2.20. The average Bonchev–Trinajstić information content (AvgIpc) is 3.36. The molecule has 2 aromatic carbocycles. The van der Waals surface area contributed by atoms with Gasteiger partial charge in [-0.1, -0.05) is 59.8 Å². The summed E-state index contributed by atoms with van der Waals surface area (Å²) in [6.45, 7) is 4.80. The van der Waals surface area contributed by atoms with E-state index in [4.69, 9.17) is 0 Å². The molecular formula is C23H24N6OS. The summed E-state index contributed by atoms with van der Waals surface area (Å²) in [4.78, 5) is 12.3. The standard InChI is InChI=1S/C23H24N6OS/c1-4-29-22(19-14-28(3)27-21(19)17-12-10-16(2)11-13-17)25-26-23(29)31-15-20(30)24-18-8-6-5-7-9-18/h5-14H,4,15H2,1-3H3,(H,24,30). The van der Waals surface area contributed by atoms with Gasteiger partial charge in [-0.15, -0.1) is 10.2 Å². The van der Waals surface area contributed by atoms with Crippen LogP contribution in [0.3, 0.4) is 0 Å². The van der Waals surface area contributed by atoms with Crippen molar-refractivity contribution >= 4 is 23.4 Å². The molecule has 0 spiro atoms. The van der Waals surface area contributed by atoms with Gasteiger partial charge in [-0.25, -0.2) is 0 Å². The number of nitrogens with one attached hydrogen (secondary N) is 1. The largest absolute Gasteiger partial charge is 0.325 e. The van der Waals surface area contributed by atoms with Crippen molar-refractivity contribution < 1.29 is 4.79 Å². The molecule has 0 bridgehead atoms. The van der Waals surface area contributed by atoms with Gasteiger partial charge in [0.05, 0.1) is 11.3 Å². The van der Waals surface area contributed by atoms with Crippen LogP contribution in [0.15, 0.2) is 66.0 Å². The number of rotatable bonds is 7. The molecule has 4 rings (SSSR count). The van der Waals surface area contributed by atoms with E-state index >= 15 is 0 Å². The maximum atomic E-state index is 12.3. The van der Waals surface area contributed by atoms with Crippen molar-refractivity contribution in [3.8, 4) is 22.6 Å². The van der Waals surface area contributed by atoms with E-state index in [1.165, 1.54) is 17.3 Å². The number of hydrogen-bond acceptors (Lipinski definition) is 5. The zero-order chi connectivity index (χ0) is 21.8. The molecule has 7 nitrogen and oxygen atoms in total. The topological polar surface area (TPSA) is 77.6 Å². The van der Waals surface area contributed by atoms with E-state index in [-0.39, 0.29) is 11.7 Å². The fourth-order valence-electron chi connectivity index (χ4n) is 3.31. The summed E-state index contributed by atoms with van der Waals surface area (Å²) in [5.41, 5.74) is 4.79. The van der Waals surface area contributed by atoms with Gasteiger partial charge in [-0.3, -0.25) is 9.48 Å². The van der Waals surface area contributed by atoms with Crippen molar-refractivity contribution in [1.29, 1.82) is 0 Å². The molecule has 0 unspecified atom stereocenters. The number of carbonyl (C=O) groups is 1. The molecular weight excluding hydrogens is 408 g/mol. The molecule has 2 aromatic heterocycles. The number of anilines is 1. The van der Waals surface area contributed by atoms with E-state index in [1.807, 2.05) is 55.1 Å². The van der Waals surface area contributed by atoms with Crippen LogP contribution in [0.2, 0.25) is 0 Å². The lowest BCUT2D eigenvalue weighted by molar-refractivity contribution is -0.113. The van der Waals surface area contributed by atoms with Crippen LogP contribution in [0.5, 0.6) is 0 Å². The number of carbonyl (C=O) groups excluding carboxylic acids is 1. The Hall–Kier alpha value is -3.39. The second-order valence-electron chi connectivity index (χ2n) is 7.18. The maximum absolute atomic E-state index is 12.3. The summed E-state index contributed by atoms with van der Waals surface area (Å²) in [6, 6.07) is 17.7. The molecule has 0 aliphatic heterocycles. The Morgan fingerprint density at radius 1 is 1.06 bits per heavy atom. The van der Waals surface area contributed by atoms with Gasteiger partial charge in [0.2, 0.25) is 5.91 Å². The van der Waals surface area contributed by atoms with E-state index in [2.05, 4.69) is 51.8 Å². The summed E-state index contributed by atoms with van der Waals surface area (Å²) < 4.78 is 3.81. The van der Waals surface area contributed by atoms with Crippen LogP contribution in [0.1, 0.15) is 12.5 Å². The van der Waals surface area contributed by atoms with Crippen LogP contribution in [0.25, 0.3) is 22.6 Å². The Morgan fingerprint density at radius 2 is 1.81 bits per heavy atom. The van der Waals surface area contributed by atoms with E-state index in [0.717, 1.165) is 28.3 Å². The molecule has 1 N–H and O–H groups in total. The predicted molar refractivity (Wildman–Crippen MR) is 124 cm³/mol. The molecule has 1 amide bonds. The second kappa shape index (κ2) is 9.18. The normalized spacial score (nSPS) is 10.9. The lowest BCUT2D eigenvalue weighted by Crippen LogP contribution is -2.14. The smallest absolute Gasteiger partial charge is 0.234 e. The van der Waals surface area contributed by atoms with Crippen molar-refractivity contribution in [1.82, 2.24) is 24.5 Å². The maximum Gasteiger partial charge on any atom is 0.234 e. The molecule has 0 fully saturated rings. The minimum absolute atomic E-state index is 0.0786. The Morgan fingerprint density at radius 3 is 2.52 bits per heavy atom. The highest BCUT2D eigenvalue weighted by molar-refractivity contribution is 7.99. The van der Waals surface area contributed by atoms with E-state index in [9.17, 15) is 4.79 Å². The zero-order valence-electron chi connectivity index (χ0n) is 17.7. The Balaban J connectivity index is 1.56. The van der Waals surface area contributed by atoms with Gasteiger partial charge in [0.25, 0.3) is 0 Å². The van der Waals surface area contributed by atoms with Gasteiger partial charge in [0.1, 0.15) is 5.69 Å². The summed E-state index contributed by atoms with van der Waals surface area (Å²) >= 11 is 1.38. The van der Waals surface area contributed by atoms with Crippen molar-refractivity contribution in [2.24, 2.45) is 7.05 Å². The molecule has 0 aliphatic rings. The number of thioether (sulfide) groups is 1. The number of aromatic nitrogens is 5. The van der Waals surface area contributed by atoms with Crippen molar-refractivity contribution in [3.63, 3.8) is 0 Å². The van der Waals surface area contributed by atoms with Crippen LogP contribution >= 0.6 is 11.8 Å². The van der Waals surface area contributed by atoms with E-state index in [0.29, 0.717) is 11.7 Å². The number of benzene rings is 2. The zero-order valence-corrected chi connectivity index (χ0v) is 18.6. The first-order valence-corrected chi connectivity index (χ1v) is 11.1. The molecule has 0 aliphatic carbocycles. The molecule has 8 heteroatoms. The fourth-order valence-corrected chi connectivity index (χ4v) is 4.11. The summed E-state index contributed by atoms with van der Waals surface area (Å²) in [5, 5.41) is 17.1. The first-order chi connectivity index (χ1) is 15.0.